The molecular formula is C18H33ClN3O3+. The van der Waals surface area contributed by atoms with Gasteiger partial charge in [-0.05, 0) is 37.4 Å². The van der Waals surface area contributed by atoms with Crippen molar-refractivity contribution in [2.45, 2.75) is 13.8 Å². The van der Waals surface area contributed by atoms with Crippen LogP contribution in [0.4, 0.5) is 5.69 Å². The molecule has 2 N–H and O–H groups in total. The molecule has 1 rings (SSSR count). The largest absolute Gasteiger partial charge is 0.461 e. The Morgan fingerprint density at radius 2 is 1.76 bits per heavy atom. The molecule has 0 radical (unpaired) electrons. The molecular weight excluding hydrogens is 342 g/mol. The standard InChI is InChI=1S/C13H19ClN2O2.C5H14NO/c1-3-16(4-2)9-10-18-13(17)11-5-7-12(15-14)8-6-11;1-6(2,3)4-5-7/h5-8,15H,3-4,9-10H2,1-2H3;7H,4-5H2,1-3H3/q;+1. The predicted molar refractivity (Wildman–Crippen MR) is 104 cm³/mol. The Kier molecular flexibility index (Phi) is 12.2. The van der Waals surface area contributed by atoms with Gasteiger partial charge in [0.05, 0.1) is 33.3 Å². The fraction of sp³-hybridized carbons (Fsp3) is 0.611. The highest BCUT2D eigenvalue weighted by molar-refractivity contribution is 6.23. The summed E-state index contributed by atoms with van der Waals surface area (Å²) in [4.78, 5) is 16.4. The summed E-state index contributed by atoms with van der Waals surface area (Å²) < 4.78 is 6.05. The number of aliphatic hydroxyl groups excluding tert-OH is 1. The Hall–Kier alpha value is -1.34. The first-order chi connectivity index (χ1) is 11.8. The van der Waals surface area contributed by atoms with E-state index in [4.69, 9.17) is 21.6 Å². The van der Waals surface area contributed by atoms with Crippen LogP contribution in [0.15, 0.2) is 24.3 Å². The van der Waals surface area contributed by atoms with E-state index in [9.17, 15) is 4.79 Å². The zero-order valence-electron chi connectivity index (χ0n) is 16.1. The van der Waals surface area contributed by atoms with E-state index < -0.39 is 0 Å². The second kappa shape index (κ2) is 12.9. The van der Waals surface area contributed by atoms with Gasteiger partial charge in [0.1, 0.15) is 13.2 Å². The van der Waals surface area contributed by atoms with E-state index in [1.165, 1.54) is 0 Å². The molecule has 0 saturated carbocycles. The van der Waals surface area contributed by atoms with Gasteiger partial charge in [0, 0.05) is 24.0 Å². The first kappa shape index (κ1) is 23.7. The topological polar surface area (TPSA) is 61.8 Å². The second-order valence-corrected chi connectivity index (χ2v) is 6.76. The Morgan fingerprint density at radius 3 is 2.12 bits per heavy atom. The third-order valence-corrected chi connectivity index (χ3v) is 3.75. The van der Waals surface area contributed by atoms with Gasteiger partial charge in [0.15, 0.2) is 0 Å². The van der Waals surface area contributed by atoms with Gasteiger partial charge in [-0.1, -0.05) is 13.8 Å². The quantitative estimate of drug-likeness (QED) is 0.395. The molecule has 0 aromatic heterocycles. The van der Waals surface area contributed by atoms with Crippen LogP contribution in [0.5, 0.6) is 0 Å². The van der Waals surface area contributed by atoms with Crippen LogP contribution in [0.1, 0.15) is 24.2 Å². The van der Waals surface area contributed by atoms with E-state index in [-0.39, 0.29) is 12.6 Å². The fourth-order valence-electron chi connectivity index (χ4n) is 1.86. The van der Waals surface area contributed by atoms with Gasteiger partial charge in [0.2, 0.25) is 0 Å². The Bertz CT molecular complexity index is 471. The van der Waals surface area contributed by atoms with E-state index in [0.29, 0.717) is 12.2 Å². The van der Waals surface area contributed by atoms with E-state index in [1.807, 2.05) is 0 Å². The van der Waals surface area contributed by atoms with Gasteiger partial charge in [-0.3, -0.25) is 4.84 Å². The number of nitrogens with zero attached hydrogens (tertiary/aromatic N) is 2. The molecule has 7 heteroatoms. The molecule has 0 spiro atoms. The maximum absolute atomic E-state index is 11.7. The number of aliphatic hydroxyl groups is 1. The third kappa shape index (κ3) is 11.8. The predicted octanol–water partition coefficient (Wildman–Crippen LogP) is 2.44. The molecule has 0 amide bonds. The number of likely N-dealkylation sites (N-methyl/N-ethyl adjacent to an activating group) is 2. The lowest BCUT2D eigenvalue weighted by molar-refractivity contribution is -0.870. The van der Waals surface area contributed by atoms with Crippen LogP contribution in [0.2, 0.25) is 0 Å². The lowest BCUT2D eigenvalue weighted by atomic mass is 10.2. The number of hydrogen-bond acceptors (Lipinski definition) is 5. The summed E-state index contributed by atoms with van der Waals surface area (Å²) in [7, 11) is 6.16. The smallest absolute Gasteiger partial charge is 0.338 e. The number of nitrogens with one attached hydrogen (secondary N) is 1. The Labute approximate surface area is 157 Å². The molecule has 0 aliphatic carbocycles. The summed E-state index contributed by atoms with van der Waals surface area (Å²) in [6.45, 7) is 8.39. The summed E-state index contributed by atoms with van der Waals surface area (Å²) in [5.41, 5.74) is 1.28. The highest BCUT2D eigenvalue weighted by Crippen LogP contribution is 2.11. The number of carbonyl (C=O) groups is 1. The number of carbonyl (C=O) groups excluding carboxylic acids is 1. The molecule has 0 fully saturated rings. The normalized spacial score (nSPS) is 10.9. The van der Waals surface area contributed by atoms with Gasteiger partial charge in [0.25, 0.3) is 0 Å². The number of quaternary nitrogens is 1. The summed E-state index contributed by atoms with van der Waals surface area (Å²) in [5, 5.41) is 8.39. The van der Waals surface area contributed by atoms with Crippen molar-refractivity contribution in [3.63, 3.8) is 0 Å². The van der Waals surface area contributed by atoms with E-state index >= 15 is 0 Å². The maximum Gasteiger partial charge on any atom is 0.338 e. The van der Waals surface area contributed by atoms with E-state index in [2.05, 4.69) is 44.7 Å². The van der Waals surface area contributed by atoms with Crippen LogP contribution in [0, 0.1) is 0 Å². The zero-order valence-corrected chi connectivity index (χ0v) is 16.8. The van der Waals surface area contributed by atoms with Crippen molar-refractivity contribution >= 4 is 23.4 Å². The van der Waals surface area contributed by atoms with Crippen molar-refractivity contribution in [1.29, 1.82) is 0 Å². The Balaban J connectivity index is 0.000000697. The van der Waals surface area contributed by atoms with Crippen molar-refractivity contribution in [3.8, 4) is 0 Å². The van der Waals surface area contributed by atoms with Gasteiger partial charge in [-0.15, -0.1) is 0 Å². The number of benzene rings is 1. The van der Waals surface area contributed by atoms with Gasteiger partial charge >= 0.3 is 5.97 Å². The number of rotatable bonds is 9. The van der Waals surface area contributed by atoms with Gasteiger partial charge in [-0.25, -0.2) is 4.79 Å². The molecule has 0 aliphatic heterocycles. The van der Waals surface area contributed by atoms with Crippen molar-refractivity contribution in [2.75, 3.05) is 65.4 Å². The van der Waals surface area contributed by atoms with E-state index in [0.717, 1.165) is 36.3 Å². The number of halogens is 1. The summed E-state index contributed by atoms with van der Waals surface area (Å²) in [5.74, 6) is -0.303. The molecule has 1 aromatic rings. The molecule has 6 nitrogen and oxygen atoms in total. The van der Waals surface area contributed by atoms with Crippen LogP contribution in [-0.4, -0.2) is 81.0 Å². The summed E-state index contributed by atoms with van der Waals surface area (Å²) in [6.07, 6.45) is 0. The van der Waals surface area contributed by atoms with Gasteiger partial charge < -0.3 is 19.2 Å². The number of esters is 1. The minimum absolute atomic E-state index is 0.281. The summed E-state index contributed by atoms with van der Waals surface area (Å²) >= 11 is 5.44. The van der Waals surface area contributed by atoms with Crippen molar-refractivity contribution in [1.82, 2.24) is 4.90 Å². The highest BCUT2D eigenvalue weighted by Gasteiger charge is 2.07. The first-order valence-electron chi connectivity index (χ1n) is 8.54. The monoisotopic (exact) mass is 374 g/mol. The lowest BCUT2D eigenvalue weighted by Crippen LogP contribution is -2.36. The van der Waals surface area contributed by atoms with Crippen LogP contribution in [0.25, 0.3) is 0 Å². The second-order valence-electron chi connectivity index (χ2n) is 6.57. The molecule has 0 bridgehead atoms. The molecule has 1 aromatic carbocycles. The maximum atomic E-state index is 11.7. The number of ether oxygens (including phenoxy) is 1. The molecule has 144 valence electrons. The first-order valence-corrected chi connectivity index (χ1v) is 8.92. The third-order valence-electron chi connectivity index (χ3n) is 3.54. The molecule has 25 heavy (non-hydrogen) atoms. The molecule has 0 heterocycles. The van der Waals surface area contributed by atoms with Crippen molar-refractivity contribution in [3.05, 3.63) is 29.8 Å². The molecule has 0 saturated heterocycles. The van der Waals surface area contributed by atoms with Crippen LogP contribution in [0.3, 0.4) is 0 Å². The SMILES string of the molecule is CCN(CC)CCOC(=O)c1ccc(NCl)cc1.C[N+](C)(C)CCO. The van der Waals surface area contributed by atoms with Crippen molar-refractivity contribution in [2.24, 2.45) is 0 Å². The average Bonchev–Trinajstić information content (AvgIpc) is 2.58. The number of hydrogen-bond donors (Lipinski definition) is 2. The number of anilines is 1. The minimum atomic E-state index is -0.303. The van der Waals surface area contributed by atoms with Crippen LogP contribution in [-0.2, 0) is 4.74 Å². The Morgan fingerprint density at radius 1 is 1.20 bits per heavy atom. The average molecular weight is 375 g/mol. The minimum Gasteiger partial charge on any atom is -0.461 e. The fourth-order valence-corrected chi connectivity index (χ4v) is 1.99. The van der Waals surface area contributed by atoms with Crippen molar-refractivity contribution < 1.29 is 19.1 Å². The van der Waals surface area contributed by atoms with Crippen LogP contribution >= 0.6 is 11.8 Å². The molecule has 0 atom stereocenters. The van der Waals surface area contributed by atoms with Gasteiger partial charge in [-0.2, -0.15) is 0 Å². The molecule has 0 aliphatic rings. The lowest BCUT2D eigenvalue weighted by Gasteiger charge is -2.21. The summed E-state index contributed by atoms with van der Waals surface area (Å²) in [6, 6.07) is 6.83. The molecule has 0 unspecified atom stereocenters. The van der Waals surface area contributed by atoms with E-state index in [1.54, 1.807) is 24.3 Å². The zero-order chi connectivity index (χ0) is 19.3. The van der Waals surface area contributed by atoms with Crippen LogP contribution < -0.4 is 4.84 Å². The highest BCUT2D eigenvalue weighted by atomic mass is 35.5.